The van der Waals surface area contributed by atoms with E-state index in [0.717, 1.165) is 25.9 Å². The SMILES string of the molecule is CCC(C)Nc1cccc2c1CNCC2. The zero-order chi connectivity index (χ0) is 10.7. The third-order valence-electron chi connectivity index (χ3n) is 3.16. The van der Waals surface area contributed by atoms with Crippen LogP contribution in [0.15, 0.2) is 18.2 Å². The fraction of sp³-hybridized carbons (Fsp3) is 0.538. The van der Waals surface area contributed by atoms with E-state index in [0.29, 0.717) is 6.04 Å². The number of rotatable bonds is 3. The Labute approximate surface area is 92.1 Å². The summed E-state index contributed by atoms with van der Waals surface area (Å²) in [6, 6.07) is 7.16. The predicted octanol–water partition coefficient (Wildman–Crippen LogP) is 2.54. The maximum atomic E-state index is 3.58. The lowest BCUT2D eigenvalue weighted by Gasteiger charge is -2.23. The lowest BCUT2D eigenvalue weighted by atomic mass is 9.99. The fourth-order valence-electron chi connectivity index (χ4n) is 2.02. The lowest BCUT2D eigenvalue weighted by Crippen LogP contribution is -2.25. The molecule has 1 aromatic carbocycles. The van der Waals surface area contributed by atoms with E-state index < -0.39 is 0 Å². The van der Waals surface area contributed by atoms with Gasteiger partial charge in [0.25, 0.3) is 0 Å². The van der Waals surface area contributed by atoms with Crippen LogP contribution in [0, 0.1) is 0 Å². The number of nitrogens with one attached hydrogen (secondary N) is 2. The number of benzene rings is 1. The van der Waals surface area contributed by atoms with E-state index in [-0.39, 0.29) is 0 Å². The van der Waals surface area contributed by atoms with Gasteiger partial charge in [-0.1, -0.05) is 19.1 Å². The van der Waals surface area contributed by atoms with Gasteiger partial charge in [-0.25, -0.2) is 0 Å². The average molecular weight is 204 g/mol. The molecule has 82 valence electrons. The molecule has 1 heterocycles. The van der Waals surface area contributed by atoms with E-state index >= 15 is 0 Å². The monoisotopic (exact) mass is 204 g/mol. The Morgan fingerprint density at radius 3 is 3.13 bits per heavy atom. The van der Waals surface area contributed by atoms with Crippen molar-refractivity contribution in [2.24, 2.45) is 0 Å². The summed E-state index contributed by atoms with van der Waals surface area (Å²) in [5.74, 6) is 0. The Morgan fingerprint density at radius 1 is 1.47 bits per heavy atom. The zero-order valence-corrected chi connectivity index (χ0v) is 9.64. The largest absolute Gasteiger partial charge is 0.382 e. The second-order valence-electron chi connectivity index (χ2n) is 4.32. The molecule has 1 atom stereocenters. The highest BCUT2D eigenvalue weighted by atomic mass is 14.9. The Morgan fingerprint density at radius 2 is 2.33 bits per heavy atom. The van der Waals surface area contributed by atoms with Crippen molar-refractivity contribution in [1.82, 2.24) is 5.32 Å². The summed E-state index contributed by atoms with van der Waals surface area (Å²) >= 11 is 0. The van der Waals surface area contributed by atoms with Crippen LogP contribution in [-0.2, 0) is 13.0 Å². The van der Waals surface area contributed by atoms with Crippen molar-refractivity contribution in [3.8, 4) is 0 Å². The minimum atomic E-state index is 0.554. The van der Waals surface area contributed by atoms with Crippen LogP contribution in [-0.4, -0.2) is 12.6 Å². The van der Waals surface area contributed by atoms with E-state index in [2.05, 4.69) is 42.7 Å². The molecule has 1 aliphatic rings. The summed E-state index contributed by atoms with van der Waals surface area (Å²) in [5.41, 5.74) is 4.28. The molecule has 0 aromatic heterocycles. The van der Waals surface area contributed by atoms with Gasteiger partial charge in [-0.2, -0.15) is 0 Å². The Bertz CT molecular complexity index is 333. The minimum absolute atomic E-state index is 0.554. The molecule has 0 spiro atoms. The second-order valence-corrected chi connectivity index (χ2v) is 4.32. The molecule has 2 heteroatoms. The summed E-state index contributed by atoms with van der Waals surface area (Å²) in [6.45, 7) is 6.57. The third kappa shape index (κ3) is 2.32. The van der Waals surface area contributed by atoms with Crippen molar-refractivity contribution >= 4 is 5.69 Å². The first-order chi connectivity index (χ1) is 7.31. The maximum Gasteiger partial charge on any atom is 0.0390 e. The number of anilines is 1. The summed E-state index contributed by atoms with van der Waals surface area (Å²) in [6.07, 6.45) is 2.32. The van der Waals surface area contributed by atoms with Gasteiger partial charge in [0.15, 0.2) is 0 Å². The first-order valence-corrected chi connectivity index (χ1v) is 5.89. The van der Waals surface area contributed by atoms with Gasteiger partial charge in [0.1, 0.15) is 0 Å². The topological polar surface area (TPSA) is 24.1 Å². The summed E-state index contributed by atoms with van der Waals surface area (Å²) in [4.78, 5) is 0. The molecule has 0 bridgehead atoms. The Kier molecular flexibility index (Phi) is 3.27. The van der Waals surface area contributed by atoms with E-state index in [9.17, 15) is 0 Å². The first kappa shape index (κ1) is 10.5. The van der Waals surface area contributed by atoms with E-state index in [1.165, 1.54) is 16.8 Å². The molecule has 0 saturated carbocycles. The number of fused-ring (bicyclic) bond motifs is 1. The highest BCUT2D eigenvalue weighted by molar-refractivity contribution is 5.56. The highest BCUT2D eigenvalue weighted by Crippen LogP contribution is 2.23. The zero-order valence-electron chi connectivity index (χ0n) is 9.64. The highest BCUT2D eigenvalue weighted by Gasteiger charge is 2.12. The standard InChI is InChI=1S/C13H20N2/c1-3-10(2)15-13-6-4-5-11-7-8-14-9-12(11)13/h4-6,10,14-15H,3,7-9H2,1-2H3. The Hall–Kier alpha value is -1.02. The van der Waals surface area contributed by atoms with Crippen LogP contribution >= 0.6 is 0 Å². The number of hydrogen-bond donors (Lipinski definition) is 2. The maximum absolute atomic E-state index is 3.58. The van der Waals surface area contributed by atoms with E-state index in [4.69, 9.17) is 0 Å². The van der Waals surface area contributed by atoms with Crippen LogP contribution in [0.4, 0.5) is 5.69 Å². The molecule has 2 nitrogen and oxygen atoms in total. The molecule has 2 N–H and O–H groups in total. The van der Waals surface area contributed by atoms with Crippen molar-refractivity contribution in [2.75, 3.05) is 11.9 Å². The number of hydrogen-bond acceptors (Lipinski definition) is 2. The molecule has 15 heavy (non-hydrogen) atoms. The summed E-state index contributed by atoms with van der Waals surface area (Å²) in [7, 11) is 0. The molecule has 0 saturated heterocycles. The van der Waals surface area contributed by atoms with Crippen molar-refractivity contribution < 1.29 is 0 Å². The van der Waals surface area contributed by atoms with Gasteiger partial charge in [-0.15, -0.1) is 0 Å². The van der Waals surface area contributed by atoms with Crippen LogP contribution in [0.3, 0.4) is 0 Å². The quantitative estimate of drug-likeness (QED) is 0.790. The molecule has 1 aliphatic heterocycles. The van der Waals surface area contributed by atoms with Crippen molar-refractivity contribution in [3.63, 3.8) is 0 Å². The Balaban J connectivity index is 2.23. The molecule has 0 fully saturated rings. The molecule has 0 radical (unpaired) electrons. The van der Waals surface area contributed by atoms with Crippen molar-refractivity contribution in [1.29, 1.82) is 0 Å². The van der Waals surface area contributed by atoms with Gasteiger partial charge in [0.05, 0.1) is 0 Å². The molecule has 0 amide bonds. The second kappa shape index (κ2) is 4.67. The van der Waals surface area contributed by atoms with Gasteiger partial charge in [-0.05, 0) is 43.5 Å². The van der Waals surface area contributed by atoms with Crippen molar-refractivity contribution in [2.45, 2.75) is 39.3 Å². The fourth-order valence-corrected chi connectivity index (χ4v) is 2.02. The van der Waals surface area contributed by atoms with Gasteiger partial charge in [0, 0.05) is 18.3 Å². The van der Waals surface area contributed by atoms with Crippen LogP contribution < -0.4 is 10.6 Å². The average Bonchev–Trinajstić information content (AvgIpc) is 2.29. The molecule has 2 rings (SSSR count). The van der Waals surface area contributed by atoms with E-state index in [1.807, 2.05) is 0 Å². The smallest absolute Gasteiger partial charge is 0.0390 e. The van der Waals surface area contributed by atoms with E-state index in [1.54, 1.807) is 0 Å². The van der Waals surface area contributed by atoms with Crippen LogP contribution in [0.2, 0.25) is 0 Å². The minimum Gasteiger partial charge on any atom is -0.382 e. The van der Waals surface area contributed by atoms with Gasteiger partial charge < -0.3 is 10.6 Å². The van der Waals surface area contributed by atoms with Gasteiger partial charge >= 0.3 is 0 Å². The molecule has 0 aliphatic carbocycles. The van der Waals surface area contributed by atoms with Crippen LogP contribution in [0.1, 0.15) is 31.4 Å². The van der Waals surface area contributed by atoms with Crippen molar-refractivity contribution in [3.05, 3.63) is 29.3 Å². The molecule has 1 aromatic rings. The first-order valence-electron chi connectivity index (χ1n) is 5.89. The third-order valence-corrected chi connectivity index (χ3v) is 3.16. The van der Waals surface area contributed by atoms with Crippen LogP contribution in [0.25, 0.3) is 0 Å². The molecular formula is C13H20N2. The molecule has 1 unspecified atom stereocenters. The van der Waals surface area contributed by atoms with Gasteiger partial charge in [0.2, 0.25) is 0 Å². The summed E-state index contributed by atoms with van der Waals surface area (Å²) in [5, 5.41) is 7.01. The summed E-state index contributed by atoms with van der Waals surface area (Å²) < 4.78 is 0. The van der Waals surface area contributed by atoms with Crippen LogP contribution in [0.5, 0.6) is 0 Å². The lowest BCUT2D eigenvalue weighted by molar-refractivity contribution is 0.642. The predicted molar refractivity (Wildman–Crippen MR) is 65.2 cm³/mol. The van der Waals surface area contributed by atoms with Gasteiger partial charge in [-0.3, -0.25) is 0 Å². The normalized spacial score (nSPS) is 16.9. The molecular weight excluding hydrogens is 184 g/mol.